The van der Waals surface area contributed by atoms with Gasteiger partial charge in [-0.3, -0.25) is 9.69 Å². The molecule has 0 aromatic heterocycles. The lowest BCUT2D eigenvalue weighted by atomic mass is 9.97. The van der Waals surface area contributed by atoms with Crippen LogP contribution in [0.5, 0.6) is 0 Å². The molecule has 5 aromatic carbocycles. The summed E-state index contributed by atoms with van der Waals surface area (Å²) in [6.07, 6.45) is -0.0196. The molecule has 1 amide bonds. The molecule has 0 bridgehead atoms. The molecule has 1 aliphatic rings. The first-order valence-electron chi connectivity index (χ1n) is 16.3. The number of aliphatic hydroxyl groups excluding tert-OH is 1. The van der Waals surface area contributed by atoms with Gasteiger partial charge in [0, 0.05) is 36.7 Å². The van der Waals surface area contributed by atoms with Crippen LogP contribution < -0.4 is 5.32 Å². The van der Waals surface area contributed by atoms with Crippen molar-refractivity contribution < 1.29 is 19.4 Å². The summed E-state index contributed by atoms with van der Waals surface area (Å²) in [5.41, 5.74) is 7.96. The monoisotopic (exact) mass is 626 g/mol. The lowest BCUT2D eigenvalue weighted by Gasteiger charge is -2.39. The zero-order valence-corrected chi connectivity index (χ0v) is 27.0. The Morgan fingerprint density at radius 2 is 1.45 bits per heavy atom. The zero-order valence-electron chi connectivity index (χ0n) is 27.0. The molecule has 1 saturated heterocycles. The molecule has 4 unspecified atom stereocenters. The third-order valence-electron chi connectivity index (χ3n) is 9.04. The molecular formula is C41H42N2O4. The first kappa shape index (κ1) is 32.4. The van der Waals surface area contributed by atoms with E-state index in [2.05, 4.69) is 78.8 Å². The van der Waals surface area contributed by atoms with Gasteiger partial charge in [-0.1, -0.05) is 121 Å². The lowest BCUT2D eigenvalue weighted by molar-refractivity contribution is -0.253. The van der Waals surface area contributed by atoms with Crippen LogP contribution in [0.15, 0.2) is 133 Å². The van der Waals surface area contributed by atoms with E-state index in [4.69, 9.17) is 9.47 Å². The molecular weight excluding hydrogens is 584 g/mol. The van der Waals surface area contributed by atoms with Gasteiger partial charge in [-0.05, 0) is 59.5 Å². The van der Waals surface area contributed by atoms with Crippen molar-refractivity contribution >= 4 is 5.91 Å². The number of carbonyl (C=O) groups excluding carboxylic acids is 1. The molecule has 240 valence electrons. The molecule has 6 rings (SSSR count). The first-order valence-corrected chi connectivity index (χ1v) is 16.3. The highest BCUT2D eigenvalue weighted by molar-refractivity contribution is 5.94. The maximum Gasteiger partial charge on any atom is 0.251 e. The molecule has 1 fully saturated rings. The largest absolute Gasteiger partial charge is 0.392 e. The Morgan fingerprint density at radius 3 is 2.15 bits per heavy atom. The average Bonchev–Trinajstić information content (AvgIpc) is 3.14. The van der Waals surface area contributed by atoms with Crippen LogP contribution >= 0.6 is 0 Å². The Bertz CT molecular complexity index is 1730. The second kappa shape index (κ2) is 15.3. The SMILES string of the molecule is CC(c1ccccc1)N(C)CC1CC(c2ccc(CO)cc2)OC(c2ccc(-c3ccccc3CNC(=O)c3ccccc3)cc2)O1. The zero-order chi connectivity index (χ0) is 32.6. The predicted octanol–water partition coefficient (Wildman–Crippen LogP) is 8.01. The lowest BCUT2D eigenvalue weighted by Crippen LogP contribution is -2.38. The quantitative estimate of drug-likeness (QED) is 0.155. The van der Waals surface area contributed by atoms with Gasteiger partial charge >= 0.3 is 0 Å². The Balaban J connectivity index is 1.20. The minimum Gasteiger partial charge on any atom is -0.392 e. The number of hydrogen-bond donors (Lipinski definition) is 2. The molecule has 0 saturated carbocycles. The number of rotatable bonds is 11. The molecule has 4 atom stereocenters. The first-order chi connectivity index (χ1) is 23.0. The highest BCUT2D eigenvalue weighted by atomic mass is 16.7. The summed E-state index contributed by atoms with van der Waals surface area (Å²) in [5.74, 6) is -0.0961. The van der Waals surface area contributed by atoms with Gasteiger partial charge in [-0.2, -0.15) is 0 Å². The van der Waals surface area contributed by atoms with Crippen molar-refractivity contribution in [2.45, 2.75) is 51.0 Å². The average molecular weight is 627 g/mol. The van der Waals surface area contributed by atoms with Gasteiger partial charge in [0.2, 0.25) is 0 Å². The van der Waals surface area contributed by atoms with Crippen LogP contribution in [0.2, 0.25) is 0 Å². The maximum atomic E-state index is 12.7. The van der Waals surface area contributed by atoms with Crippen molar-refractivity contribution in [2.75, 3.05) is 13.6 Å². The van der Waals surface area contributed by atoms with E-state index < -0.39 is 6.29 Å². The molecule has 0 radical (unpaired) electrons. The predicted molar refractivity (Wildman–Crippen MR) is 185 cm³/mol. The molecule has 0 aliphatic carbocycles. The summed E-state index contributed by atoms with van der Waals surface area (Å²) in [7, 11) is 2.14. The normalized spacial score (nSPS) is 18.5. The second-order valence-corrected chi connectivity index (χ2v) is 12.2. The number of hydrogen-bond acceptors (Lipinski definition) is 5. The Labute approximate surface area is 277 Å². The fraction of sp³-hybridized carbons (Fsp3) is 0.244. The Hall–Kier alpha value is -4.59. The summed E-state index contributed by atoms with van der Waals surface area (Å²) in [4.78, 5) is 15.0. The van der Waals surface area contributed by atoms with Crippen LogP contribution in [0.1, 0.15) is 70.0 Å². The van der Waals surface area contributed by atoms with Gasteiger partial charge in [-0.15, -0.1) is 0 Å². The summed E-state index contributed by atoms with van der Waals surface area (Å²) in [6, 6.07) is 44.5. The van der Waals surface area contributed by atoms with Crippen molar-refractivity contribution in [1.82, 2.24) is 10.2 Å². The van der Waals surface area contributed by atoms with Gasteiger partial charge in [0.25, 0.3) is 5.91 Å². The molecule has 6 heteroatoms. The Kier molecular flexibility index (Phi) is 10.6. The number of benzene rings is 5. The standard InChI is InChI=1S/C41H42N2O4/c1-29(31-11-5-3-6-12-31)43(2)27-37-25-39(33-19-17-30(28-44)18-20-33)47-41(46-37)35-23-21-32(22-24-35)38-16-10-9-15-36(38)26-42-40(45)34-13-7-4-8-14-34/h3-24,29,37,39,41,44H,25-28H2,1-2H3,(H,42,45). The number of amides is 1. The number of ether oxygens (including phenoxy) is 2. The smallest absolute Gasteiger partial charge is 0.251 e. The van der Waals surface area contributed by atoms with E-state index in [-0.39, 0.29) is 30.8 Å². The summed E-state index contributed by atoms with van der Waals surface area (Å²) in [5, 5.41) is 12.6. The van der Waals surface area contributed by atoms with E-state index >= 15 is 0 Å². The second-order valence-electron chi connectivity index (χ2n) is 12.2. The van der Waals surface area contributed by atoms with Gasteiger partial charge in [0.1, 0.15) is 0 Å². The summed E-state index contributed by atoms with van der Waals surface area (Å²) < 4.78 is 13.3. The van der Waals surface area contributed by atoms with Crippen molar-refractivity contribution in [1.29, 1.82) is 0 Å². The molecule has 1 aliphatic heterocycles. The highest BCUT2D eigenvalue weighted by Crippen LogP contribution is 2.39. The van der Waals surface area contributed by atoms with E-state index in [0.717, 1.165) is 46.3 Å². The van der Waals surface area contributed by atoms with Crippen molar-refractivity contribution in [3.8, 4) is 11.1 Å². The molecule has 47 heavy (non-hydrogen) atoms. The number of nitrogens with zero attached hydrogens (tertiary/aromatic N) is 1. The van der Waals surface area contributed by atoms with Crippen LogP contribution in [-0.2, 0) is 22.6 Å². The van der Waals surface area contributed by atoms with Crippen LogP contribution in [-0.4, -0.2) is 35.6 Å². The molecule has 0 spiro atoms. The molecule has 6 nitrogen and oxygen atoms in total. The number of carbonyl (C=O) groups is 1. The van der Waals surface area contributed by atoms with Crippen LogP contribution in [0.4, 0.5) is 0 Å². The van der Waals surface area contributed by atoms with Crippen LogP contribution in [0.25, 0.3) is 11.1 Å². The van der Waals surface area contributed by atoms with E-state index in [0.29, 0.717) is 12.1 Å². The third kappa shape index (κ3) is 8.05. The van der Waals surface area contributed by atoms with Gasteiger partial charge in [-0.25, -0.2) is 0 Å². The minimum absolute atomic E-state index is 0.0111. The Morgan fingerprint density at radius 1 is 0.809 bits per heavy atom. The molecule has 1 heterocycles. The maximum absolute atomic E-state index is 12.7. The van der Waals surface area contributed by atoms with Gasteiger partial charge in [0.05, 0.1) is 18.8 Å². The topological polar surface area (TPSA) is 71.0 Å². The van der Waals surface area contributed by atoms with E-state index in [1.165, 1.54) is 5.56 Å². The van der Waals surface area contributed by atoms with Crippen LogP contribution in [0, 0.1) is 0 Å². The summed E-state index contributed by atoms with van der Waals surface area (Å²) in [6.45, 7) is 3.41. The number of aliphatic hydroxyl groups is 1. The van der Waals surface area contributed by atoms with Gasteiger partial charge < -0.3 is 19.9 Å². The molecule has 5 aromatic rings. The van der Waals surface area contributed by atoms with E-state index in [1.54, 1.807) is 0 Å². The van der Waals surface area contributed by atoms with Crippen LogP contribution in [0.3, 0.4) is 0 Å². The minimum atomic E-state index is -0.536. The third-order valence-corrected chi connectivity index (χ3v) is 9.04. The highest BCUT2D eigenvalue weighted by Gasteiger charge is 2.33. The summed E-state index contributed by atoms with van der Waals surface area (Å²) >= 11 is 0. The van der Waals surface area contributed by atoms with E-state index in [9.17, 15) is 9.90 Å². The number of likely N-dealkylation sites (N-methyl/N-ethyl adjacent to an activating group) is 1. The fourth-order valence-electron chi connectivity index (χ4n) is 6.14. The fourth-order valence-corrected chi connectivity index (χ4v) is 6.14. The van der Waals surface area contributed by atoms with Crippen molar-refractivity contribution in [3.05, 3.63) is 167 Å². The van der Waals surface area contributed by atoms with Crippen molar-refractivity contribution in [3.63, 3.8) is 0 Å². The van der Waals surface area contributed by atoms with Crippen molar-refractivity contribution in [2.24, 2.45) is 0 Å². The number of nitrogens with one attached hydrogen (secondary N) is 1. The van der Waals surface area contributed by atoms with E-state index in [1.807, 2.05) is 78.9 Å². The van der Waals surface area contributed by atoms with Gasteiger partial charge in [0.15, 0.2) is 6.29 Å². The molecule has 2 N–H and O–H groups in total.